The number of carboxylic acids is 2. The maximum absolute atomic E-state index is 13.0. The maximum atomic E-state index is 13.0. The zero-order valence-corrected chi connectivity index (χ0v) is 24.1. The number of aliphatic carboxylic acids is 2. The second kappa shape index (κ2) is 14.9. The average Bonchev–Trinajstić information content (AvgIpc) is 3.22. The molecule has 7 N–H and O–H groups in total. The van der Waals surface area contributed by atoms with E-state index in [1.807, 2.05) is 0 Å². The third kappa shape index (κ3) is 10.6. The number of thiophene rings is 1. The smallest absolute Gasteiger partial charge is 0.490 e. The quantitative estimate of drug-likeness (QED) is 0.0833. The van der Waals surface area contributed by atoms with Crippen molar-refractivity contribution in [3.63, 3.8) is 0 Å². The van der Waals surface area contributed by atoms with Crippen LogP contribution in [-0.4, -0.2) is 62.0 Å². The fourth-order valence-corrected chi connectivity index (χ4v) is 6.36. The average molecular weight is 655 g/mol. The van der Waals surface area contributed by atoms with Gasteiger partial charge < -0.3 is 31.3 Å². The normalized spacial score (nSPS) is 12.1. The van der Waals surface area contributed by atoms with Crippen LogP contribution < -0.4 is 20.9 Å². The molecule has 3 aromatic rings. The van der Waals surface area contributed by atoms with Crippen molar-refractivity contribution in [1.82, 2.24) is 4.72 Å². The summed E-state index contributed by atoms with van der Waals surface area (Å²) in [4.78, 5) is 25.6. The van der Waals surface area contributed by atoms with Gasteiger partial charge in [-0.05, 0) is 65.3 Å². The van der Waals surface area contributed by atoms with Crippen LogP contribution >= 0.6 is 22.9 Å². The number of nitrogens with zero attached hydrogens (tertiary/aromatic N) is 1. The SMILES string of the molecule is Cc1c(S(=O)(=O)N[C@@H](Cc2ccc(OCCCON=C(N)N)cc2)C(=O)O)sc2ccc(Cl)cc12.O=C(O)C(F)(F)F. The van der Waals surface area contributed by atoms with Gasteiger partial charge in [0.1, 0.15) is 22.6 Å². The first-order valence-corrected chi connectivity index (χ1v) is 14.4. The number of aryl methyl sites for hydroxylation is 1. The highest BCUT2D eigenvalue weighted by Crippen LogP contribution is 2.35. The van der Waals surface area contributed by atoms with Gasteiger partial charge in [-0.3, -0.25) is 4.79 Å². The molecule has 0 radical (unpaired) electrons. The summed E-state index contributed by atoms with van der Waals surface area (Å²) >= 11 is 7.10. The number of hydrogen-bond donors (Lipinski definition) is 5. The number of carbonyl (C=O) groups is 2. The molecule has 12 nitrogen and oxygen atoms in total. The Balaban J connectivity index is 0.000000782. The van der Waals surface area contributed by atoms with Crippen molar-refractivity contribution in [3.05, 3.63) is 58.6 Å². The molecular formula is C24H26ClF3N4O8S2. The molecule has 0 aliphatic rings. The fourth-order valence-electron chi connectivity index (χ4n) is 3.24. The molecule has 0 amide bonds. The van der Waals surface area contributed by atoms with E-state index in [-0.39, 0.29) is 23.2 Å². The lowest BCUT2D eigenvalue weighted by molar-refractivity contribution is -0.192. The molecule has 1 heterocycles. The number of nitrogens with two attached hydrogens (primary N) is 2. The van der Waals surface area contributed by atoms with Crippen molar-refractivity contribution in [3.8, 4) is 5.75 Å². The van der Waals surface area contributed by atoms with E-state index >= 15 is 0 Å². The molecule has 3 rings (SSSR count). The molecular weight excluding hydrogens is 629 g/mol. The minimum atomic E-state index is -5.08. The molecule has 18 heteroatoms. The first-order chi connectivity index (χ1) is 19.5. The number of sulfonamides is 1. The molecule has 0 bridgehead atoms. The highest BCUT2D eigenvalue weighted by atomic mass is 35.5. The summed E-state index contributed by atoms with van der Waals surface area (Å²) in [5.41, 5.74) is 11.4. The zero-order valence-electron chi connectivity index (χ0n) is 21.7. The minimum absolute atomic E-state index is 0.0447. The van der Waals surface area contributed by atoms with Gasteiger partial charge in [0.2, 0.25) is 5.96 Å². The van der Waals surface area contributed by atoms with E-state index in [4.69, 9.17) is 42.5 Å². The molecule has 1 atom stereocenters. The van der Waals surface area contributed by atoms with Gasteiger partial charge in [-0.2, -0.15) is 17.9 Å². The number of halogens is 4. The van der Waals surface area contributed by atoms with Crippen LogP contribution in [0.25, 0.3) is 10.1 Å². The van der Waals surface area contributed by atoms with Crippen molar-refractivity contribution in [2.24, 2.45) is 16.6 Å². The Bertz CT molecular complexity index is 1530. The maximum Gasteiger partial charge on any atom is 0.490 e. The molecule has 42 heavy (non-hydrogen) atoms. The Labute approximate surface area is 246 Å². The van der Waals surface area contributed by atoms with Crippen molar-refractivity contribution in [2.75, 3.05) is 13.2 Å². The summed E-state index contributed by atoms with van der Waals surface area (Å²) in [6.45, 7) is 2.31. The summed E-state index contributed by atoms with van der Waals surface area (Å²) < 4.78 is 66.6. The molecule has 1 aromatic heterocycles. The summed E-state index contributed by atoms with van der Waals surface area (Å²) in [7, 11) is -4.08. The van der Waals surface area contributed by atoms with Crippen LogP contribution in [0.1, 0.15) is 17.5 Å². The Hall–Kier alpha value is -3.80. The van der Waals surface area contributed by atoms with Crippen molar-refractivity contribution < 1.29 is 51.0 Å². The van der Waals surface area contributed by atoms with E-state index in [9.17, 15) is 31.5 Å². The number of alkyl halides is 3. The minimum Gasteiger partial charge on any atom is -0.493 e. The highest BCUT2D eigenvalue weighted by molar-refractivity contribution is 7.91. The van der Waals surface area contributed by atoms with E-state index in [0.29, 0.717) is 40.3 Å². The third-order valence-electron chi connectivity index (χ3n) is 5.12. The highest BCUT2D eigenvalue weighted by Gasteiger charge is 2.38. The van der Waals surface area contributed by atoms with Crippen molar-refractivity contribution >= 4 is 60.9 Å². The van der Waals surface area contributed by atoms with E-state index < -0.39 is 34.2 Å². The van der Waals surface area contributed by atoms with Gasteiger partial charge in [0.05, 0.1) is 6.61 Å². The number of carboxylic acid groups (broad SMARTS) is 2. The van der Waals surface area contributed by atoms with Crippen LogP contribution in [0.5, 0.6) is 5.75 Å². The number of fused-ring (bicyclic) bond motifs is 1. The number of benzene rings is 2. The summed E-state index contributed by atoms with van der Waals surface area (Å²) in [6, 6.07) is 10.5. The third-order valence-corrected chi connectivity index (χ3v) is 8.72. The fraction of sp³-hybridized carbons (Fsp3) is 0.292. The van der Waals surface area contributed by atoms with Gasteiger partial charge in [-0.25, -0.2) is 13.2 Å². The summed E-state index contributed by atoms with van der Waals surface area (Å²) in [5.74, 6) is -3.63. The van der Waals surface area contributed by atoms with Gasteiger partial charge in [0.15, 0.2) is 0 Å². The lowest BCUT2D eigenvalue weighted by Crippen LogP contribution is -2.42. The van der Waals surface area contributed by atoms with Gasteiger partial charge in [0.25, 0.3) is 10.0 Å². The monoisotopic (exact) mass is 654 g/mol. The predicted molar refractivity (Wildman–Crippen MR) is 149 cm³/mol. The topological polar surface area (TPSA) is 204 Å². The number of nitrogens with one attached hydrogen (secondary N) is 1. The van der Waals surface area contributed by atoms with Gasteiger partial charge in [-0.15, -0.1) is 11.3 Å². The lowest BCUT2D eigenvalue weighted by Gasteiger charge is -2.15. The zero-order chi connectivity index (χ0) is 31.7. The van der Waals surface area contributed by atoms with Gasteiger partial charge in [-0.1, -0.05) is 23.7 Å². The van der Waals surface area contributed by atoms with E-state index in [1.165, 1.54) is 0 Å². The first kappa shape index (κ1) is 34.4. The van der Waals surface area contributed by atoms with Crippen LogP contribution in [-0.2, 0) is 30.9 Å². The molecule has 0 unspecified atom stereocenters. The van der Waals surface area contributed by atoms with Gasteiger partial charge in [0, 0.05) is 16.1 Å². The van der Waals surface area contributed by atoms with Crippen molar-refractivity contribution in [2.45, 2.75) is 36.2 Å². The Morgan fingerprint density at radius 2 is 1.74 bits per heavy atom. The van der Waals surface area contributed by atoms with E-state index in [2.05, 4.69) is 9.88 Å². The van der Waals surface area contributed by atoms with Crippen LogP contribution in [0.15, 0.2) is 51.8 Å². The van der Waals surface area contributed by atoms with Crippen molar-refractivity contribution in [1.29, 1.82) is 0 Å². The number of oxime groups is 1. The van der Waals surface area contributed by atoms with E-state index in [0.717, 1.165) is 16.0 Å². The Morgan fingerprint density at radius 3 is 2.29 bits per heavy atom. The van der Waals surface area contributed by atoms with Crippen LogP contribution in [0.4, 0.5) is 13.2 Å². The molecule has 2 aromatic carbocycles. The largest absolute Gasteiger partial charge is 0.493 e. The standard InChI is InChI=1S/C22H25ClN4O6S2.C2HF3O2/c1-13-17-12-15(23)5-8-19(17)34-21(13)35(30,31)27-18(20(28)29)11-14-3-6-16(7-4-14)32-9-2-10-33-26-22(24)25;3-2(4,5)1(6)7/h3-8,12,18,27H,2,9-11H2,1H3,(H,28,29)(H4,24,25,26);(H,6,7)/t18-;/m0./s1. The van der Waals surface area contributed by atoms with Crippen LogP contribution in [0.3, 0.4) is 0 Å². The molecule has 0 aliphatic heterocycles. The molecule has 0 spiro atoms. The Morgan fingerprint density at radius 1 is 1.12 bits per heavy atom. The number of guanidine groups is 1. The predicted octanol–water partition coefficient (Wildman–Crippen LogP) is 3.44. The van der Waals surface area contributed by atoms with Crippen LogP contribution in [0, 0.1) is 6.92 Å². The van der Waals surface area contributed by atoms with Crippen LogP contribution in [0.2, 0.25) is 5.02 Å². The second-order valence-electron chi connectivity index (χ2n) is 8.37. The number of rotatable bonds is 12. The second-order valence-corrected chi connectivity index (χ2v) is 11.8. The number of ether oxygens (including phenoxy) is 1. The first-order valence-electron chi connectivity index (χ1n) is 11.7. The molecule has 0 fully saturated rings. The summed E-state index contributed by atoms with van der Waals surface area (Å²) in [5, 5.41) is 21.4. The molecule has 230 valence electrons. The molecule has 0 aliphatic carbocycles. The van der Waals surface area contributed by atoms with E-state index in [1.54, 1.807) is 49.4 Å². The number of hydrogen-bond acceptors (Lipinski definition) is 8. The molecule has 0 saturated carbocycles. The summed E-state index contributed by atoms with van der Waals surface area (Å²) in [6.07, 6.45) is -4.58. The molecule has 0 saturated heterocycles. The Kier molecular flexibility index (Phi) is 12.2. The van der Waals surface area contributed by atoms with Gasteiger partial charge >= 0.3 is 18.1 Å². The lowest BCUT2D eigenvalue weighted by atomic mass is 10.1.